The third kappa shape index (κ3) is 3.92. The molecule has 1 aromatic heterocycles. The fourth-order valence-electron chi connectivity index (χ4n) is 4.00. The highest BCUT2D eigenvalue weighted by Gasteiger charge is 2.21. The predicted octanol–water partition coefficient (Wildman–Crippen LogP) is 4.13. The molecule has 27 heavy (non-hydrogen) atoms. The molecular formula is C22H24ClN3O. The van der Waals surface area contributed by atoms with Gasteiger partial charge in [0, 0.05) is 29.4 Å². The Morgan fingerprint density at radius 1 is 1.11 bits per heavy atom. The highest BCUT2D eigenvalue weighted by atomic mass is 35.5. The fraction of sp³-hybridized carbons (Fsp3) is 0.364. The topological polar surface area (TPSA) is 38.1 Å². The summed E-state index contributed by atoms with van der Waals surface area (Å²) in [7, 11) is 2.17. The summed E-state index contributed by atoms with van der Waals surface area (Å²) in [5, 5.41) is 7.16. The van der Waals surface area contributed by atoms with E-state index in [0.717, 1.165) is 40.0 Å². The van der Waals surface area contributed by atoms with Crippen LogP contribution in [-0.4, -0.2) is 34.3 Å². The summed E-state index contributed by atoms with van der Waals surface area (Å²) >= 11 is 6.01. The number of aromatic nitrogens is 2. The molecule has 1 aliphatic heterocycles. The zero-order chi connectivity index (χ0) is 18.8. The maximum absolute atomic E-state index is 12.9. The average molecular weight is 382 g/mol. The van der Waals surface area contributed by atoms with Gasteiger partial charge in [-0.2, -0.15) is 5.10 Å². The van der Waals surface area contributed by atoms with Gasteiger partial charge in [0.25, 0.3) is 5.56 Å². The number of halogens is 1. The van der Waals surface area contributed by atoms with Crippen molar-refractivity contribution >= 4 is 22.4 Å². The summed E-state index contributed by atoms with van der Waals surface area (Å²) < 4.78 is 1.67. The van der Waals surface area contributed by atoms with Crippen molar-refractivity contribution in [3.8, 4) is 0 Å². The molecule has 1 aliphatic rings. The van der Waals surface area contributed by atoms with Gasteiger partial charge in [-0.1, -0.05) is 41.9 Å². The third-order valence-corrected chi connectivity index (χ3v) is 5.83. The van der Waals surface area contributed by atoms with E-state index in [1.54, 1.807) is 4.68 Å². The number of fused-ring (bicyclic) bond motifs is 1. The number of aryl methyl sites for hydroxylation is 1. The molecular weight excluding hydrogens is 358 g/mol. The van der Waals surface area contributed by atoms with Gasteiger partial charge in [-0.15, -0.1) is 0 Å². The minimum Gasteiger partial charge on any atom is -0.303 e. The lowest BCUT2D eigenvalue weighted by atomic mass is 10.0. The zero-order valence-corrected chi connectivity index (χ0v) is 16.3. The fourth-order valence-corrected chi connectivity index (χ4v) is 4.12. The number of rotatable bonds is 5. The molecule has 5 heteroatoms. The van der Waals surface area contributed by atoms with Crippen LogP contribution in [0.2, 0.25) is 5.02 Å². The molecule has 0 unspecified atom stereocenters. The molecule has 1 saturated heterocycles. The van der Waals surface area contributed by atoms with E-state index in [9.17, 15) is 4.79 Å². The van der Waals surface area contributed by atoms with Crippen molar-refractivity contribution in [1.29, 1.82) is 0 Å². The van der Waals surface area contributed by atoms with Crippen molar-refractivity contribution in [3.05, 3.63) is 75.2 Å². The number of hydrogen-bond donors (Lipinski definition) is 0. The van der Waals surface area contributed by atoms with Gasteiger partial charge in [0.05, 0.1) is 11.1 Å². The number of benzene rings is 2. The van der Waals surface area contributed by atoms with Gasteiger partial charge in [-0.25, -0.2) is 4.68 Å². The Balaban J connectivity index is 1.68. The van der Waals surface area contributed by atoms with Crippen molar-refractivity contribution in [3.63, 3.8) is 0 Å². The molecule has 0 N–H and O–H groups in total. The van der Waals surface area contributed by atoms with Gasteiger partial charge in [-0.3, -0.25) is 4.79 Å². The molecule has 0 bridgehead atoms. The molecule has 4 rings (SSSR count). The van der Waals surface area contributed by atoms with E-state index in [2.05, 4.69) is 11.9 Å². The normalized spacial score (nSPS) is 17.6. The lowest BCUT2D eigenvalue weighted by Crippen LogP contribution is -2.30. The Morgan fingerprint density at radius 2 is 1.85 bits per heavy atom. The van der Waals surface area contributed by atoms with E-state index in [4.69, 9.17) is 16.7 Å². The second-order valence-corrected chi connectivity index (χ2v) is 7.83. The smallest absolute Gasteiger partial charge is 0.274 e. The number of likely N-dealkylation sites (tertiary alicyclic amines) is 1. The van der Waals surface area contributed by atoms with E-state index in [0.29, 0.717) is 19.0 Å². The Bertz CT molecular complexity index is 997. The zero-order valence-electron chi connectivity index (χ0n) is 15.6. The molecule has 0 radical (unpaired) electrons. The first kappa shape index (κ1) is 18.2. The summed E-state index contributed by atoms with van der Waals surface area (Å²) in [4.78, 5) is 15.3. The molecule has 2 heterocycles. The SMILES string of the molecule is CN1CCC[C@@H]1CCn1nc(Cc2ccc(Cl)cc2)c2ccccc2c1=O. The van der Waals surface area contributed by atoms with Crippen molar-refractivity contribution in [2.24, 2.45) is 0 Å². The molecule has 1 fully saturated rings. The first-order chi connectivity index (χ1) is 13.1. The van der Waals surface area contributed by atoms with Crippen molar-refractivity contribution in [1.82, 2.24) is 14.7 Å². The molecule has 0 aliphatic carbocycles. The van der Waals surface area contributed by atoms with Crippen LogP contribution >= 0.6 is 11.6 Å². The van der Waals surface area contributed by atoms with Gasteiger partial charge < -0.3 is 4.90 Å². The Kier molecular flexibility index (Phi) is 5.28. The molecule has 2 aromatic carbocycles. The molecule has 0 amide bonds. The highest BCUT2D eigenvalue weighted by Crippen LogP contribution is 2.20. The van der Waals surface area contributed by atoms with Gasteiger partial charge in [0.1, 0.15) is 0 Å². The van der Waals surface area contributed by atoms with Crippen LogP contribution in [0.15, 0.2) is 53.3 Å². The Morgan fingerprint density at radius 3 is 2.56 bits per heavy atom. The molecule has 0 saturated carbocycles. The first-order valence-electron chi connectivity index (χ1n) is 9.55. The van der Waals surface area contributed by atoms with Crippen LogP contribution < -0.4 is 5.56 Å². The maximum Gasteiger partial charge on any atom is 0.274 e. The van der Waals surface area contributed by atoms with Crippen LogP contribution in [0.25, 0.3) is 10.8 Å². The van der Waals surface area contributed by atoms with E-state index in [1.807, 2.05) is 48.5 Å². The lowest BCUT2D eigenvalue weighted by molar-refractivity contribution is 0.281. The van der Waals surface area contributed by atoms with Gasteiger partial charge in [-0.05, 0) is 56.6 Å². The van der Waals surface area contributed by atoms with Crippen LogP contribution in [0.4, 0.5) is 0 Å². The largest absolute Gasteiger partial charge is 0.303 e. The summed E-state index contributed by atoms with van der Waals surface area (Å²) in [5.74, 6) is 0. The Hall–Kier alpha value is -2.17. The van der Waals surface area contributed by atoms with Gasteiger partial charge >= 0.3 is 0 Å². The quantitative estimate of drug-likeness (QED) is 0.667. The minimum atomic E-state index is 0.00565. The van der Waals surface area contributed by atoms with E-state index in [-0.39, 0.29) is 5.56 Å². The standard InChI is InChI=1S/C22H24ClN3O/c1-25-13-4-5-18(25)12-14-26-22(27)20-7-3-2-6-19(20)21(24-26)15-16-8-10-17(23)11-9-16/h2-3,6-11,18H,4-5,12-15H2,1H3/t18-/m1/s1. The van der Waals surface area contributed by atoms with Crippen molar-refractivity contribution in [2.75, 3.05) is 13.6 Å². The molecule has 140 valence electrons. The molecule has 0 spiro atoms. The second kappa shape index (κ2) is 7.83. The highest BCUT2D eigenvalue weighted by molar-refractivity contribution is 6.30. The monoisotopic (exact) mass is 381 g/mol. The predicted molar refractivity (Wildman–Crippen MR) is 111 cm³/mol. The van der Waals surface area contributed by atoms with Crippen LogP contribution in [0.5, 0.6) is 0 Å². The maximum atomic E-state index is 12.9. The third-order valence-electron chi connectivity index (χ3n) is 5.57. The average Bonchev–Trinajstić information content (AvgIpc) is 3.09. The van der Waals surface area contributed by atoms with Gasteiger partial charge in [0.2, 0.25) is 0 Å². The van der Waals surface area contributed by atoms with E-state index in [1.165, 1.54) is 12.8 Å². The van der Waals surface area contributed by atoms with Crippen LogP contribution in [0, 0.1) is 0 Å². The Labute approximate surface area is 164 Å². The minimum absolute atomic E-state index is 0.00565. The van der Waals surface area contributed by atoms with Crippen molar-refractivity contribution in [2.45, 2.75) is 38.3 Å². The molecule has 4 nitrogen and oxygen atoms in total. The van der Waals surface area contributed by atoms with E-state index >= 15 is 0 Å². The summed E-state index contributed by atoms with van der Waals surface area (Å²) in [6.45, 7) is 1.80. The van der Waals surface area contributed by atoms with Gasteiger partial charge in [0.15, 0.2) is 0 Å². The molecule has 3 aromatic rings. The number of nitrogens with zero attached hydrogens (tertiary/aromatic N) is 3. The summed E-state index contributed by atoms with van der Waals surface area (Å²) in [6, 6.07) is 16.1. The second-order valence-electron chi connectivity index (χ2n) is 7.39. The van der Waals surface area contributed by atoms with Crippen LogP contribution in [0.1, 0.15) is 30.5 Å². The first-order valence-corrected chi connectivity index (χ1v) is 9.93. The van der Waals surface area contributed by atoms with Crippen LogP contribution in [0.3, 0.4) is 0 Å². The van der Waals surface area contributed by atoms with Crippen molar-refractivity contribution < 1.29 is 0 Å². The number of hydrogen-bond acceptors (Lipinski definition) is 3. The van der Waals surface area contributed by atoms with Crippen LogP contribution in [-0.2, 0) is 13.0 Å². The summed E-state index contributed by atoms with van der Waals surface area (Å²) in [5.41, 5.74) is 2.08. The summed E-state index contributed by atoms with van der Waals surface area (Å²) in [6.07, 6.45) is 4.09. The lowest BCUT2D eigenvalue weighted by Gasteiger charge is -2.19. The molecule has 1 atom stereocenters. The van der Waals surface area contributed by atoms with E-state index < -0.39 is 0 Å².